The molecule has 1 fully saturated rings. The number of amides is 2. The quantitative estimate of drug-likeness (QED) is 0.922. The maximum absolute atomic E-state index is 12.4. The molecule has 5 nitrogen and oxygen atoms in total. The van der Waals surface area contributed by atoms with Crippen molar-refractivity contribution in [3.63, 3.8) is 0 Å². The van der Waals surface area contributed by atoms with Crippen molar-refractivity contribution in [3.05, 3.63) is 46.5 Å². The number of hydrogen-bond acceptors (Lipinski definition) is 4. The lowest BCUT2D eigenvalue weighted by Crippen LogP contribution is -2.34. The summed E-state index contributed by atoms with van der Waals surface area (Å²) in [5.41, 5.74) is 1.70. The van der Waals surface area contributed by atoms with Crippen LogP contribution in [-0.4, -0.2) is 29.8 Å². The van der Waals surface area contributed by atoms with E-state index in [1.807, 2.05) is 10.3 Å². The van der Waals surface area contributed by atoms with Crippen LogP contribution in [0.5, 0.6) is 0 Å². The van der Waals surface area contributed by atoms with Gasteiger partial charge in [0, 0.05) is 19.5 Å². The smallest absolute Gasteiger partial charge is 0.254 e. The van der Waals surface area contributed by atoms with Gasteiger partial charge in [0.2, 0.25) is 5.91 Å². The van der Waals surface area contributed by atoms with Crippen LogP contribution in [0.1, 0.15) is 41.2 Å². The van der Waals surface area contributed by atoms with Gasteiger partial charge in [0.05, 0.1) is 17.9 Å². The largest absolute Gasteiger partial charge is 0.472 e. The number of carbonyl (C=O) groups excluding carboxylic acids is 2. The highest BCUT2D eigenvalue weighted by Crippen LogP contribution is 2.33. The Kier molecular flexibility index (Phi) is 4.58. The standard InChI is InChI=1S/C16H18N2O3S/c19-15(3-6-17-16(20)12-4-8-21-10-12)18-7-1-2-14(18)13-5-9-22-11-13/h4-5,8-11,14H,1-3,6-7H2,(H,17,20)/t14-/m0/s1. The Morgan fingerprint density at radius 1 is 1.41 bits per heavy atom. The van der Waals surface area contributed by atoms with Crippen molar-refractivity contribution >= 4 is 23.2 Å². The van der Waals surface area contributed by atoms with E-state index in [4.69, 9.17) is 4.42 Å². The second-order valence-corrected chi connectivity index (χ2v) is 6.10. The zero-order valence-corrected chi connectivity index (χ0v) is 13.0. The van der Waals surface area contributed by atoms with Crippen molar-refractivity contribution < 1.29 is 14.0 Å². The Balaban J connectivity index is 1.50. The van der Waals surface area contributed by atoms with Gasteiger partial charge in [-0.3, -0.25) is 9.59 Å². The number of carbonyl (C=O) groups is 2. The molecule has 1 aliphatic heterocycles. The number of thiophene rings is 1. The van der Waals surface area contributed by atoms with Gasteiger partial charge in [-0.15, -0.1) is 0 Å². The van der Waals surface area contributed by atoms with Crippen molar-refractivity contribution in [3.8, 4) is 0 Å². The maximum Gasteiger partial charge on any atom is 0.254 e. The highest BCUT2D eigenvalue weighted by atomic mass is 32.1. The molecule has 2 aromatic heterocycles. The van der Waals surface area contributed by atoms with Crippen LogP contribution in [0.15, 0.2) is 39.8 Å². The predicted octanol–water partition coefficient (Wildman–Crippen LogP) is 2.82. The molecule has 1 aliphatic rings. The van der Waals surface area contributed by atoms with E-state index >= 15 is 0 Å². The molecule has 6 heteroatoms. The summed E-state index contributed by atoms with van der Waals surface area (Å²) >= 11 is 1.66. The van der Waals surface area contributed by atoms with E-state index in [0.717, 1.165) is 19.4 Å². The summed E-state index contributed by atoms with van der Waals surface area (Å²) < 4.78 is 4.86. The molecule has 1 saturated heterocycles. The van der Waals surface area contributed by atoms with Crippen LogP contribution in [0.3, 0.4) is 0 Å². The zero-order chi connectivity index (χ0) is 15.4. The fraction of sp³-hybridized carbons (Fsp3) is 0.375. The van der Waals surface area contributed by atoms with Gasteiger partial charge < -0.3 is 14.6 Å². The van der Waals surface area contributed by atoms with Crippen LogP contribution in [0.25, 0.3) is 0 Å². The van der Waals surface area contributed by atoms with E-state index in [-0.39, 0.29) is 17.9 Å². The second kappa shape index (κ2) is 6.79. The summed E-state index contributed by atoms with van der Waals surface area (Å²) in [7, 11) is 0. The summed E-state index contributed by atoms with van der Waals surface area (Å²) in [6.07, 6.45) is 5.22. The molecule has 1 N–H and O–H groups in total. The van der Waals surface area contributed by atoms with Crippen LogP contribution in [0, 0.1) is 0 Å². The minimum Gasteiger partial charge on any atom is -0.472 e. The second-order valence-electron chi connectivity index (χ2n) is 5.32. The molecular formula is C16H18N2O3S. The Hall–Kier alpha value is -2.08. The molecule has 0 radical (unpaired) electrons. The summed E-state index contributed by atoms with van der Waals surface area (Å²) in [4.78, 5) is 26.1. The van der Waals surface area contributed by atoms with Crippen LogP contribution in [0.4, 0.5) is 0 Å². The first-order valence-electron chi connectivity index (χ1n) is 7.37. The van der Waals surface area contributed by atoms with Crippen LogP contribution < -0.4 is 5.32 Å². The molecule has 2 amide bonds. The van der Waals surface area contributed by atoms with Gasteiger partial charge in [0.25, 0.3) is 5.91 Å². The summed E-state index contributed by atoms with van der Waals surface area (Å²) in [6, 6.07) is 3.88. The number of hydrogen-bond donors (Lipinski definition) is 1. The fourth-order valence-corrected chi connectivity index (χ4v) is 3.51. The topological polar surface area (TPSA) is 62.6 Å². The van der Waals surface area contributed by atoms with Crippen molar-refractivity contribution in [2.75, 3.05) is 13.1 Å². The monoisotopic (exact) mass is 318 g/mol. The molecule has 0 spiro atoms. The predicted molar refractivity (Wildman–Crippen MR) is 83.7 cm³/mol. The normalized spacial score (nSPS) is 17.6. The molecule has 0 unspecified atom stereocenters. The number of nitrogens with one attached hydrogen (secondary N) is 1. The molecule has 3 heterocycles. The van der Waals surface area contributed by atoms with Gasteiger partial charge in [-0.05, 0) is 41.3 Å². The van der Waals surface area contributed by atoms with Gasteiger partial charge in [-0.1, -0.05) is 0 Å². The average Bonchev–Trinajstić information content (AvgIpc) is 3.26. The lowest BCUT2D eigenvalue weighted by Gasteiger charge is -2.24. The lowest BCUT2D eigenvalue weighted by molar-refractivity contribution is -0.132. The van der Waals surface area contributed by atoms with E-state index < -0.39 is 0 Å². The number of nitrogens with zero attached hydrogens (tertiary/aromatic N) is 1. The minimum absolute atomic E-state index is 0.0983. The molecule has 0 aliphatic carbocycles. The van der Waals surface area contributed by atoms with E-state index in [1.165, 1.54) is 18.1 Å². The van der Waals surface area contributed by atoms with Gasteiger partial charge in [-0.2, -0.15) is 11.3 Å². The van der Waals surface area contributed by atoms with Gasteiger partial charge in [-0.25, -0.2) is 0 Å². The van der Waals surface area contributed by atoms with Crippen LogP contribution >= 0.6 is 11.3 Å². The summed E-state index contributed by atoms with van der Waals surface area (Å²) in [6.45, 7) is 1.14. The van der Waals surface area contributed by atoms with E-state index in [2.05, 4.69) is 16.8 Å². The first-order valence-corrected chi connectivity index (χ1v) is 8.32. The van der Waals surface area contributed by atoms with E-state index in [1.54, 1.807) is 17.4 Å². The molecule has 0 saturated carbocycles. The molecule has 22 heavy (non-hydrogen) atoms. The Bertz CT molecular complexity index is 622. The fourth-order valence-electron chi connectivity index (χ4n) is 2.80. The molecule has 116 valence electrons. The van der Waals surface area contributed by atoms with Crippen LogP contribution in [-0.2, 0) is 4.79 Å². The van der Waals surface area contributed by atoms with Gasteiger partial charge >= 0.3 is 0 Å². The number of rotatable bonds is 5. The highest BCUT2D eigenvalue weighted by molar-refractivity contribution is 7.07. The van der Waals surface area contributed by atoms with Gasteiger partial charge in [0.15, 0.2) is 0 Å². The first-order chi connectivity index (χ1) is 10.8. The molecule has 0 bridgehead atoms. The summed E-state index contributed by atoms with van der Waals surface area (Å²) in [5.74, 6) is -0.112. The maximum atomic E-state index is 12.4. The summed E-state index contributed by atoms with van der Waals surface area (Å²) in [5, 5.41) is 6.90. The van der Waals surface area contributed by atoms with Crippen LogP contribution in [0.2, 0.25) is 0 Å². The van der Waals surface area contributed by atoms with Crippen molar-refractivity contribution in [1.82, 2.24) is 10.2 Å². The molecule has 2 aromatic rings. The average molecular weight is 318 g/mol. The SMILES string of the molecule is O=C(NCCC(=O)N1CCC[C@H]1c1ccsc1)c1ccoc1. The minimum atomic E-state index is -0.211. The highest BCUT2D eigenvalue weighted by Gasteiger charge is 2.29. The number of furan rings is 1. The van der Waals surface area contributed by atoms with Crippen molar-refractivity contribution in [2.45, 2.75) is 25.3 Å². The number of likely N-dealkylation sites (tertiary alicyclic amines) is 1. The molecule has 1 atom stereocenters. The third-order valence-corrected chi connectivity index (χ3v) is 4.61. The molecular weight excluding hydrogens is 300 g/mol. The van der Waals surface area contributed by atoms with Crippen molar-refractivity contribution in [2.24, 2.45) is 0 Å². The third kappa shape index (κ3) is 3.22. The van der Waals surface area contributed by atoms with E-state index in [0.29, 0.717) is 18.5 Å². The Labute approximate surface area is 132 Å². The molecule has 0 aromatic carbocycles. The zero-order valence-electron chi connectivity index (χ0n) is 12.2. The lowest BCUT2D eigenvalue weighted by atomic mass is 10.1. The molecule has 3 rings (SSSR count). The Morgan fingerprint density at radius 2 is 2.32 bits per heavy atom. The Morgan fingerprint density at radius 3 is 3.05 bits per heavy atom. The third-order valence-electron chi connectivity index (χ3n) is 3.91. The van der Waals surface area contributed by atoms with E-state index in [9.17, 15) is 9.59 Å². The first kappa shape index (κ1) is 14.8. The van der Waals surface area contributed by atoms with Crippen molar-refractivity contribution in [1.29, 1.82) is 0 Å². The van der Waals surface area contributed by atoms with Gasteiger partial charge in [0.1, 0.15) is 6.26 Å².